The highest BCUT2D eigenvalue weighted by Gasteiger charge is 2.19. The molecule has 0 saturated carbocycles. The lowest BCUT2D eigenvalue weighted by Crippen LogP contribution is -1.89. The van der Waals surface area contributed by atoms with Gasteiger partial charge in [-0.15, -0.1) is 5.11 Å². The Kier molecular flexibility index (Phi) is 3.95. The van der Waals surface area contributed by atoms with E-state index in [-0.39, 0.29) is 11.4 Å². The van der Waals surface area contributed by atoms with Crippen molar-refractivity contribution in [1.82, 2.24) is 0 Å². The summed E-state index contributed by atoms with van der Waals surface area (Å²) in [7, 11) is 0. The number of nitro groups is 1. The highest BCUT2D eigenvalue weighted by Crippen LogP contribution is 2.40. The van der Waals surface area contributed by atoms with Crippen LogP contribution in [-0.2, 0) is 0 Å². The molecule has 24 heavy (non-hydrogen) atoms. The van der Waals surface area contributed by atoms with Gasteiger partial charge in [0.05, 0.1) is 10.6 Å². The fourth-order valence-electron chi connectivity index (χ4n) is 2.67. The molecular formula is C18H15N3O3. The van der Waals surface area contributed by atoms with Crippen LogP contribution in [0, 0.1) is 24.0 Å². The third kappa shape index (κ3) is 2.94. The van der Waals surface area contributed by atoms with Gasteiger partial charge >= 0.3 is 5.69 Å². The van der Waals surface area contributed by atoms with Gasteiger partial charge in [0, 0.05) is 16.8 Å². The van der Waals surface area contributed by atoms with Crippen molar-refractivity contribution in [2.45, 2.75) is 13.8 Å². The third-order valence-electron chi connectivity index (χ3n) is 3.65. The summed E-state index contributed by atoms with van der Waals surface area (Å²) < 4.78 is 0. The number of fused-ring (bicyclic) bond motifs is 1. The van der Waals surface area contributed by atoms with E-state index in [1.165, 1.54) is 6.07 Å². The molecule has 0 spiro atoms. The maximum Gasteiger partial charge on any atom is 0.313 e. The molecule has 0 saturated heterocycles. The second-order valence-electron chi connectivity index (χ2n) is 5.61. The van der Waals surface area contributed by atoms with Gasteiger partial charge in [0.1, 0.15) is 5.69 Å². The number of nitro benzene ring substituents is 1. The average Bonchev–Trinajstić information content (AvgIpc) is 2.53. The molecule has 3 aromatic rings. The molecule has 6 nitrogen and oxygen atoms in total. The van der Waals surface area contributed by atoms with Crippen molar-refractivity contribution < 1.29 is 10.0 Å². The van der Waals surface area contributed by atoms with Crippen molar-refractivity contribution in [2.75, 3.05) is 0 Å². The van der Waals surface area contributed by atoms with Gasteiger partial charge in [-0.2, -0.15) is 5.11 Å². The summed E-state index contributed by atoms with van der Waals surface area (Å²) in [5, 5.41) is 30.6. The van der Waals surface area contributed by atoms with Gasteiger partial charge in [-0.3, -0.25) is 10.1 Å². The number of phenols is 1. The van der Waals surface area contributed by atoms with Gasteiger partial charge < -0.3 is 5.11 Å². The van der Waals surface area contributed by atoms with Gasteiger partial charge in [-0.05, 0) is 37.1 Å². The van der Waals surface area contributed by atoms with Crippen LogP contribution in [0.25, 0.3) is 10.8 Å². The van der Waals surface area contributed by atoms with Crippen molar-refractivity contribution in [2.24, 2.45) is 10.2 Å². The second-order valence-corrected chi connectivity index (χ2v) is 5.61. The summed E-state index contributed by atoms with van der Waals surface area (Å²) in [5.74, 6) is -0.360. The van der Waals surface area contributed by atoms with Crippen molar-refractivity contribution in [3.63, 3.8) is 0 Å². The Labute approximate surface area is 138 Å². The Morgan fingerprint density at radius 2 is 1.58 bits per heavy atom. The van der Waals surface area contributed by atoms with E-state index < -0.39 is 4.92 Å². The zero-order valence-electron chi connectivity index (χ0n) is 13.2. The second kappa shape index (κ2) is 6.08. The van der Waals surface area contributed by atoms with Gasteiger partial charge in [-0.25, -0.2) is 0 Å². The summed E-state index contributed by atoms with van der Waals surface area (Å²) in [4.78, 5) is 10.5. The van der Waals surface area contributed by atoms with Gasteiger partial charge in [0.25, 0.3) is 0 Å². The fraction of sp³-hybridized carbons (Fsp3) is 0.111. The van der Waals surface area contributed by atoms with E-state index in [2.05, 4.69) is 10.2 Å². The van der Waals surface area contributed by atoms with Crippen molar-refractivity contribution in [3.05, 3.63) is 69.8 Å². The van der Waals surface area contributed by atoms with Gasteiger partial charge in [0.2, 0.25) is 5.75 Å². The van der Waals surface area contributed by atoms with Crippen LogP contribution >= 0.6 is 0 Å². The molecule has 120 valence electrons. The monoisotopic (exact) mass is 321 g/mol. The Bertz CT molecular complexity index is 960. The fourth-order valence-corrected chi connectivity index (χ4v) is 2.67. The standard InChI is InChI=1S/C18H15N3O3/c1-11-7-12(2)9-13(8-11)19-20-16-10-17(21(23)24)18(22)15-6-4-3-5-14(15)16/h3-10,22H,1-2H3. The Balaban J connectivity index is 2.16. The first-order chi connectivity index (χ1) is 11.5. The molecule has 6 heteroatoms. The highest BCUT2D eigenvalue weighted by molar-refractivity contribution is 5.99. The molecule has 0 heterocycles. The van der Waals surface area contributed by atoms with Gasteiger partial charge in [0.15, 0.2) is 0 Å². The average molecular weight is 321 g/mol. The summed E-state index contributed by atoms with van der Waals surface area (Å²) in [6.45, 7) is 3.93. The summed E-state index contributed by atoms with van der Waals surface area (Å²) >= 11 is 0. The van der Waals surface area contributed by atoms with Crippen molar-refractivity contribution in [1.29, 1.82) is 0 Å². The first-order valence-electron chi connectivity index (χ1n) is 7.35. The maximum atomic E-state index is 11.2. The molecule has 0 aliphatic carbocycles. The molecule has 0 amide bonds. The Morgan fingerprint density at radius 3 is 2.21 bits per heavy atom. The number of benzene rings is 3. The molecule has 0 atom stereocenters. The third-order valence-corrected chi connectivity index (χ3v) is 3.65. The largest absolute Gasteiger partial charge is 0.502 e. The molecule has 3 aromatic carbocycles. The van der Waals surface area contributed by atoms with E-state index in [4.69, 9.17) is 0 Å². The smallest absolute Gasteiger partial charge is 0.313 e. The van der Waals surface area contributed by atoms with Crippen LogP contribution in [0.1, 0.15) is 11.1 Å². The number of hydrogen-bond acceptors (Lipinski definition) is 5. The van der Waals surface area contributed by atoms with E-state index in [0.717, 1.165) is 11.1 Å². The highest BCUT2D eigenvalue weighted by atomic mass is 16.6. The van der Waals surface area contributed by atoms with E-state index in [1.807, 2.05) is 32.0 Å². The normalized spacial score (nSPS) is 11.2. The molecule has 0 aliphatic rings. The maximum absolute atomic E-state index is 11.2. The van der Waals surface area contributed by atoms with E-state index >= 15 is 0 Å². The minimum Gasteiger partial charge on any atom is -0.502 e. The minimum atomic E-state index is -0.627. The zero-order valence-corrected chi connectivity index (χ0v) is 13.2. The summed E-state index contributed by atoms with van der Waals surface area (Å²) in [6, 6.07) is 13.9. The predicted molar refractivity (Wildman–Crippen MR) is 92.4 cm³/mol. The van der Waals surface area contributed by atoms with Crippen LogP contribution in [0.5, 0.6) is 5.75 Å². The number of rotatable bonds is 3. The molecule has 0 radical (unpaired) electrons. The quantitative estimate of drug-likeness (QED) is 0.393. The molecule has 0 fully saturated rings. The Morgan fingerprint density at radius 1 is 0.958 bits per heavy atom. The molecule has 0 unspecified atom stereocenters. The van der Waals surface area contributed by atoms with Crippen LogP contribution in [0.3, 0.4) is 0 Å². The SMILES string of the molecule is Cc1cc(C)cc(N=Nc2cc([N+](=O)[O-])c(O)c3ccccc23)c1. The van der Waals surface area contributed by atoms with Crippen LogP contribution in [0.4, 0.5) is 17.1 Å². The Hall–Kier alpha value is -3.28. The molecule has 0 aliphatic heterocycles. The number of aromatic hydroxyl groups is 1. The lowest BCUT2D eigenvalue weighted by molar-refractivity contribution is -0.385. The lowest BCUT2D eigenvalue weighted by Gasteiger charge is -2.05. The lowest BCUT2D eigenvalue weighted by atomic mass is 10.1. The van der Waals surface area contributed by atoms with Crippen LogP contribution in [-0.4, -0.2) is 10.0 Å². The van der Waals surface area contributed by atoms with Crippen LogP contribution < -0.4 is 0 Å². The summed E-state index contributed by atoms with van der Waals surface area (Å²) in [5.41, 5.74) is 2.75. The number of azo groups is 1. The number of hydrogen-bond donors (Lipinski definition) is 1. The first kappa shape index (κ1) is 15.6. The number of aryl methyl sites for hydroxylation is 2. The van der Waals surface area contributed by atoms with Crippen LogP contribution in [0.2, 0.25) is 0 Å². The molecule has 0 bridgehead atoms. The van der Waals surface area contributed by atoms with E-state index in [0.29, 0.717) is 22.1 Å². The van der Waals surface area contributed by atoms with E-state index in [9.17, 15) is 15.2 Å². The molecule has 3 rings (SSSR count). The van der Waals surface area contributed by atoms with E-state index in [1.54, 1.807) is 24.3 Å². The van der Waals surface area contributed by atoms with Crippen molar-refractivity contribution in [3.8, 4) is 5.75 Å². The zero-order chi connectivity index (χ0) is 17.3. The summed E-state index contributed by atoms with van der Waals surface area (Å²) in [6.07, 6.45) is 0. The molecule has 1 N–H and O–H groups in total. The predicted octanol–water partition coefficient (Wildman–Crippen LogP) is 5.49. The number of phenolic OH excluding ortho intramolecular Hbond substituents is 1. The minimum absolute atomic E-state index is 0.342. The first-order valence-corrected chi connectivity index (χ1v) is 7.35. The van der Waals surface area contributed by atoms with Gasteiger partial charge in [-0.1, -0.05) is 30.3 Å². The topological polar surface area (TPSA) is 88.1 Å². The van der Waals surface area contributed by atoms with Crippen LogP contribution in [0.15, 0.2) is 58.8 Å². The molecule has 0 aromatic heterocycles. The number of nitrogens with zero attached hydrogens (tertiary/aromatic N) is 3. The van der Waals surface area contributed by atoms with Crippen molar-refractivity contribution >= 4 is 27.8 Å². The molecular weight excluding hydrogens is 306 g/mol.